The Balaban J connectivity index is 1.67. The number of anilines is 2. The molecule has 0 radical (unpaired) electrons. The standard InChI is InChI=1S/C23H28ClN5O5/c1-13(2)21(27-22(30)18-7-6-17(29(32)33)9-19(18)24)23(31)26-16-5-8-20(25-10-16)28-11-14(3)34-15(4)12-28/h5-10,13-15,21H,11-12H2,1-4H3,(H,26,31)(H,27,30). The van der Waals surface area contributed by atoms with Gasteiger partial charge in [0.15, 0.2) is 0 Å². The number of pyridine rings is 1. The molecule has 34 heavy (non-hydrogen) atoms. The maximum atomic E-state index is 12.9. The highest BCUT2D eigenvalue weighted by Crippen LogP contribution is 2.23. The number of hydrogen-bond acceptors (Lipinski definition) is 7. The average Bonchev–Trinajstić information content (AvgIpc) is 2.76. The highest BCUT2D eigenvalue weighted by molar-refractivity contribution is 6.34. The molecule has 2 N–H and O–H groups in total. The molecule has 2 aromatic rings. The minimum absolute atomic E-state index is 0.0469. The van der Waals surface area contributed by atoms with Crippen LogP contribution < -0.4 is 15.5 Å². The zero-order chi connectivity index (χ0) is 25.0. The van der Waals surface area contributed by atoms with Gasteiger partial charge in [-0.3, -0.25) is 19.7 Å². The first kappa shape index (κ1) is 25.4. The van der Waals surface area contributed by atoms with Gasteiger partial charge in [0.1, 0.15) is 11.9 Å². The molecule has 1 aromatic carbocycles. The van der Waals surface area contributed by atoms with Gasteiger partial charge in [0.25, 0.3) is 11.6 Å². The molecular formula is C23H28ClN5O5. The van der Waals surface area contributed by atoms with E-state index in [9.17, 15) is 19.7 Å². The van der Waals surface area contributed by atoms with E-state index < -0.39 is 22.8 Å². The van der Waals surface area contributed by atoms with E-state index in [-0.39, 0.29) is 34.4 Å². The number of amides is 2. The van der Waals surface area contributed by atoms with Gasteiger partial charge in [0.2, 0.25) is 5.91 Å². The smallest absolute Gasteiger partial charge is 0.270 e. The molecule has 3 atom stereocenters. The molecule has 10 nitrogen and oxygen atoms in total. The van der Waals surface area contributed by atoms with E-state index in [1.807, 2.05) is 19.9 Å². The largest absolute Gasteiger partial charge is 0.372 e. The average molecular weight is 490 g/mol. The number of nitro benzene ring substituents is 1. The summed E-state index contributed by atoms with van der Waals surface area (Å²) in [5.41, 5.74) is 0.318. The fourth-order valence-electron chi connectivity index (χ4n) is 3.79. The molecule has 1 fully saturated rings. The van der Waals surface area contributed by atoms with Crippen LogP contribution in [-0.2, 0) is 9.53 Å². The quantitative estimate of drug-likeness (QED) is 0.449. The number of ether oxygens (including phenoxy) is 1. The maximum Gasteiger partial charge on any atom is 0.270 e. The molecule has 0 aliphatic carbocycles. The van der Waals surface area contributed by atoms with Crippen LogP contribution >= 0.6 is 11.6 Å². The second-order valence-corrected chi connectivity index (χ2v) is 9.08. The van der Waals surface area contributed by atoms with Crippen molar-refractivity contribution in [2.75, 3.05) is 23.3 Å². The minimum atomic E-state index is -0.862. The summed E-state index contributed by atoms with van der Waals surface area (Å²) >= 11 is 6.05. The normalized spacial score (nSPS) is 18.9. The van der Waals surface area contributed by atoms with Gasteiger partial charge in [-0.25, -0.2) is 4.98 Å². The Morgan fingerprint density at radius 3 is 2.41 bits per heavy atom. The first-order valence-electron chi connectivity index (χ1n) is 11.0. The highest BCUT2D eigenvalue weighted by atomic mass is 35.5. The van der Waals surface area contributed by atoms with E-state index in [1.54, 1.807) is 26.1 Å². The van der Waals surface area contributed by atoms with Gasteiger partial charge in [0.05, 0.1) is 39.6 Å². The summed E-state index contributed by atoms with van der Waals surface area (Å²) in [5, 5.41) is 16.3. The first-order valence-corrected chi connectivity index (χ1v) is 11.3. The summed E-state index contributed by atoms with van der Waals surface area (Å²) in [6.45, 7) is 9.09. The minimum Gasteiger partial charge on any atom is -0.372 e. The van der Waals surface area contributed by atoms with Crippen molar-refractivity contribution >= 4 is 40.6 Å². The second kappa shape index (κ2) is 10.8. The van der Waals surface area contributed by atoms with Crippen molar-refractivity contribution in [3.05, 3.63) is 57.2 Å². The Morgan fingerprint density at radius 2 is 1.88 bits per heavy atom. The number of carbonyl (C=O) groups is 2. The van der Waals surface area contributed by atoms with Crippen LogP contribution in [0.25, 0.3) is 0 Å². The number of nitro groups is 1. The van der Waals surface area contributed by atoms with Gasteiger partial charge >= 0.3 is 0 Å². The van der Waals surface area contributed by atoms with Crippen LogP contribution in [0.5, 0.6) is 0 Å². The van der Waals surface area contributed by atoms with Crippen LogP contribution in [0.3, 0.4) is 0 Å². The van der Waals surface area contributed by atoms with Crippen LogP contribution in [0, 0.1) is 16.0 Å². The molecule has 3 unspecified atom stereocenters. The summed E-state index contributed by atoms with van der Waals surface area (Å²) < 4.78 is 5.75. The number of aromatic nitrogens is 1. The fraction of sp³-hybridized carbons (Fsp3) is 0.435. The monoisotopic (exact) mass is 489 g/mol. The van der Waals surface area contributed by atoms with E-state index in [0.717, 1.165) is 25.0 Å². The van der Waals surface area contributed by atoms with Gasteiger partial charge < -0.3 is 20.3 Å². The molecule has 0 spiro atoms. The third kappa shape index (κ3) is 6.21. The lowest BCUT2D eigenvalue weighted by Gasteiger charge is -2.36. The lowest BCUT2D eigenvalue weighted by atomic mass is 10.0. The number of nitrogens with one attached hydrogen (secondary N) is 2. The zero-order valence-electron chi connectivity index (χ0n) is 19.4. The number of nitrogens with zero attached hydrogens (tertiary/aromatic N) is 3. The molecule has 1 saturated heterocycles. The highest BCUT2D eigenvalue weighted by Gasteiger charge is 2.27. The van der Waals surface area contributed by atoms with E-state index in [2.05, 4.69) is 20.5 Å². The Morgan fingerprint density at radius 1 is 1.21 bits per heavy atom. The van der Waals surface area contributed by atoms with Crippen molar-refractivity contribution in [2.45, 2.75) is 45.9 Å². The van der Waals surface area contributed by atoms with E-state index in [1.165, 1.54) is 12.1 Å². The molecule has 2 amide bonds. The molecule has 1 aromatic heterocycles. The predicted octanol–water partition coefficient (Wildman–Crippen LogP) is 3.65. The zero-order valence-corrected chi connectivity index (χ0v) is 20.2. The van der Waals surface area contributed by atoms with Crippen LogP contribution in [0.15, 0.2) is 36.5 Å². The van der Waals surface area contributed by atoms with E-state index in [4.69, 9.17) is 16.3 Å². The third-order valence-corrected chi connectivity index (χ3v) is 5.72. The lowest BCUT2D eigenvalue weighted by Crippen LogP contribution is -2.47. The molecule has 182 valence electrons. The van der Waals surface area contributed by atoms with E-state index >= 15 is 0 Å². The van der Waals surface area contributed by atoms with Crippen LogP contribution in [-0.4, -0.2) is 53.1 Å². The summed E-state index contributed by atoms with van der Waals surface area (Å²) in [6.07, 6.45) is 1.78. The number of benzene rings is 1. The predicted molar refractivity (Wildman–Crippen MR) is 129 cm³/mol. The SMILES string of the molecule is CC1CN(c2ccc(NC(=O)C(NC(=O)c3ccc([N+](=O)[O-])cc3Cl)C(C)C)cn2)CC(C)O1. The Labute approximate surface area is 202 Å². The topological polar surface area (TPSA) is 127 Å². The van der Waals surface area contributed by atoms with Crippen LogP contribution in [0.2, 0.25) is 5.02 Å². The molecular weight excluding hydrogens is 462 g/mol. The summed E-state index contributed by atoms with van der Waals surface area (Å²) in [6, 6.07) is 6.29. The Bertz CT molecular complexity index is 1050. The maximum absolute atomic E-state index is 12.9. The number of hydrogen-bond donors (Lipinski definition) is 2. The van der Waals surface area contributed by atoms with E-state index in [0.29, 0.717) is 5.69 Å². The number of rotatable bonds is 7. The van der Waals surface area contributed by atoms with Crippen molar-refractivity contribution < 1.29 is 19.2 Å². The molecule has 3 rings (SSSR count). The van der Waals surface area contributed by atoms with Gasteiger partial charge in [0, 0.05) is 25.2 Å². The second-order valence-electron chi connectivity index (χ2n) is 8.67. The van der Waals surface area contributed by atoms with Gasteiger partial charge in [-0.2, -0.15) is 0 Å². The number of non-ortho nitro benzene ring substituents is 1. The Hall–Kier alpha value is -3.24. The molecule has 0 bridgehead atoms. The number of morpholine rings is 1. The lowest BCUT2D eigenvalue weighted by molar-refractivity contribution is -0.384. The summed E-state index contributed by atoms with van der Waals surface area (Å²) in [4.78, 5) is 42.5. The molecule has 0 saturated carbocycles. The molecule has 11 heteroatoms. The van der Waals surface area contributed by atoms with Crippen molar-refractivity contribution in [1.29, 1.82) is 0 Å². The third-order valence-electron chi connectivity index (χ3n) is 5.40. The summed E-state index contributed by atoms with van der Waals surface area (Å²) in [5.74, 6) is -0.451. The Kier molecular flexibility index (Phi) is 8.06. The molecule has 1 aliphatic rings. The fourth-order valence-corrected chi connectivity index (χ4v) is 4.05. The van der Waals surface area contributed by atoms with Gasteiger partial charge in [-0.15, -0.1) is 0 Å². The number of carbonyl (C=O) groups excluding carboxylic acids is 2. The van der Waals surface area contributed by atoms with Crippen molar-refractivity contribution in [2.24, 2.45) is 5.92 Å². The molecule has 1 aliphatic heterocycles. The van der Waals surface area contributed by atoms with Crippen molar-refractivity contribution in [3.8, 4) is 0 Å². The van der Waals surface area contributed by atoms with Crippen molar-refractivity contribution in [1.82, 2.24) is 10.3 Å². The van der Waals surface area contributed by atoms with Gasteiger partial charge in [-0.1, -0.05) is 25.4 Å². The van der Waals surface area contributed by atoms with Gasteiger partial charge in [-0.05, 0) is 38.0 Å². The van der Waals surface area contributed by atoms with Crippen LogP contribution in [0.4, 0.5) is 17.2 Å². The summed E-state index contributed by atoms with van der Waals surface area (Å²) in [7, 11) is 0. The molecule has 2 heterocycles. The number of halogens is 1. The van der Waals surface area contributed by atoms with Crippen molar-refractivity contribution in [3.63, 3.8) is 0 Å². The van der Waals surface area contributed by atoms with Crippen LogP contribution in [0.1, 0.15) is 38.1 Å². The first-order chi connectivity index (χ1) is 16.0.